The molecule has 0 aromatic carbocycles. The number of fused-ring (bicyclic) bond motifs is 1. The largest absolute Gasteiger partial charge is 0.354 e. The van der Waals surface area contributed by atoms with Gasteiger partial charge in [-0.3, -0.25) is 5.41 Å². The highest BCUT2D eigenvalue weighted by Gasteiger charge is 2.17. The molecule has 4 heterocycles. The van der Waals surface area contributed by atoms with Crippen molar-refractivity contribution in [2.75, 3.05) is 26.2 Å². The van der Waals surface area contributed by atoms with Crippen molar-refractivity contribution < 1.29 is 4.57 Å². The summed E-state index contributed by atoms with van der Waals surface area (Å²) in [6.45, 7) is 4.61. The second kappa shape index (κ2) is 5.82. The van der Waals surface area contributed by atoms with Crippen molar-refractivity contribution in [3.63, 3.8) is 0 Å². The first-order valence-electron chi connectivity index (χ1n) is 7.86. The van der Waals surface area contributed by atoms with Crippen molar-refractivity contribution in [3.8, 4) is 0 Å². The highest BCUT2D eigenvalue weighted by molar-refractivity contribution is 7.10. The molecule has 0 atom stereocenters. The Kier molecular flexibility index (Phi) is 3.66. The monoisotopic (exact) mass is 329 g/mol. The topological polar surface area (TPSA) is 52.3 Å². The summed E-state index contributed by atoms with van der Waals surface area (Å²) < 4.78 is 6.42. The molecule has 1 saturated heterocycles. The molecule has 2 N–H and O–H groups in total. The highest BCUT2D eigenvalue weighted by atomic mass is 32.1. The fourth-order valence-corrected chi connectivity index (χ4v) is 3.94. The van der Waals surface area contributed by atoms with E-state index in [0.717, 1.165) is 38.3 Å². The number of hydrogen-bond donors (Lipinski definition) is 2. The third kappa shape index (κ3) is 2.66. The molecular formula is C16H21N6S+. The predicted octanol–water partition coefficient (Wildman–Crippen LogP) is 0.906. The van der Waals surface area contributed by atoms with E-state index < -0.39 is 0 Å². The first-order chi connectivity index (χ1) is 11.2. The summed E-state index contributed by atoms with van der Waals surface area (Å²) in [5.41, 5.74) is 2.22. The van der Waals surface area contributed by atoms with Crippen molar-refractivity contribution in [1.29, 1.82) is 5.41 Å². The SMILES string of the molecule is Cn1ccc2n1cc[n+]2Cc1cc(C(=N)N2CCNCC2)cs1. The minimum absolute atomic E-state index is 0.653. The summed E-state index contributed by atoms with van der Waals surface area (Å²) in [4.78, 5) is 3.44. The molecule has 120 valence electrons. The minimum atomic E-state index is 0.653. The van der Waals surface area contributed by atoms with Crippen LogP contribution >= 0.6 is 11.3 Å². The summed E-state index contributed by atoms with van der Waals surface area (Å²) in [5.74, 6) is 0.653. The van der Waals surface area contributed by atoms with Crippen LogP contribution in [-0.2, 0) is 13.6 Å². The first-order valence-corrected chi connectivity index (χ1v) is 8.74. The summed E-state index contributed by atoms with van der Waals surface area (Å²) in [7, 11) is 2.04. The quantitative estimate of drug-likeness (QED) is 0.426. The van der Waals surface area contributed by atoms with Crippen LogP contribution < -0.4 is 9.88 Å². The fourth-order valence-electron chi connectivity index (χ4n) is 3.07. The average molecular weight is 329 g/mol. The van der Waals surface area contributed by atoms with Gasteiger partial charge in [-0.1, -0.05) is 0 Å². The van der Waals surface area contributed by atoms with Crippen LogP contribution in [0.5, 0.6) is 0 Å². The third-order valence-corrected chi connectivity index (χ3v) is 5.30. The number of hydrogen-bond acceptors (Lipinski definition) is 3. The van der Waals surface area contributed by atoms with Gasteiger partial charge in [0.05, 0.1) is 0 Å². The van der Waals surface area contributed by atoms with E-state index in [9.17, 15) is 0 Å². The lowest BCUT2D eigenvalue weighted by molar-refractivity contribution is -0.661. The number of thiophene rings is 1. The molecule has 0 unspecified atom stereocenters. The molecule has 0 spiro atoms. The van der Waals surface area contributed by atoms with Gasteiger partial charge in [0.15, 0.2) is 6.20 Å². The Morgan fingerprint density at radius 1 is 1.35 bits per heavy atom. The van der Waals surface area contributed by atoms with E-state index in [-0.39, 0.29) is 0 Å². The molecule has 1 fully saturated rings. The molecule has 0 bridgehead atoms. The van der Waals surface area contributed by atoms with E-state index in [1.54, 1.807) is 11.3 Å². The van der Waals surface area contributed by atoms with Crippen molar-refractivity contribution in [2.24, 2.45) is 7.05 Å². The van der Waals surface area contributed by atoms with Gasteiger partial charge in [0.1, 0.15) is 18.6 Å². The van der Waals surface area contributed by atoms with E-state index in [0.29, 0.717) is 5.84 Å². The molecule has 1 aliphatic heterocycles. The maximum Gasteiger partial charge on any atom is 0.307 e. The summed E-state index contributed by atoms with van der Waals surface area (Å²) in [6.07, 6.45) is 6.24. The Labute approximate surface area is 139 Å². The molecular weight excluding hydrogens is 308 g/mol. The second-order valence-corrected chi connectivity index (χ2v) is 6.90. The zero-order valence-corrected chi connectivity index (χ0v) is 14.0. The molecule has 7 heteroatoms. The van der Waals surface area contributed by atoms with Crippen molar-refractivity contribution in [2.45, 2.75) is 6.54 Å². The van der Waals surface area contributed by atoms with E-state index >= 15 is 0 Å². The van der Waals surface area contributed by atoms with E-state index in [1.165, 1.54) is 10.5 Å². The number of nitrogens with zero attached hydrogens (tertiary/aromatic N) is 4. The molecule has 3 aromatic rings. The van der Waals surface area contributed by atoms with Gasteiger partial charge in [-0.15, -0.1) is 15.9 Å². The number of piperazine rings is 1. The van der Waals surface area contributed by atoms with E-state index in [4.69, 9.17) is 5.41 Å². The first kappa shape index (κ1) is 14.5. The van der Waals surface area contributed by atoms with Crippen molar-refractivity contribution >= 4 is 22.8 Å². The number of amidine groups is 1. The molecule has 4 rings (SSSR count). The van der Waals surface area contributed by atoms with Gasteiger partial charge < -0.3 is 10.2 Å². The van der Waals surface area contributed by atoms with Gasteiger partial charge in [-0.2, -0.15) is 0 Å². The molecule has 0 radical (unpaired) electrons. The molecule has 6 nitrogen and oxygen atoms in total. The average Bonchev–Trinajstić information content (AvgIpc) is 3.28. The zero-order valence-electron chi connectivity index (χ0n) is 13.2. The number of aromatic nitrogens is 3. The van der Waals surface area contributed by atoms with Gasteiger partial charge in [0.2, 0.25) is 0 Å². The molecule has 3 aromatic heterocycles. The van der Waals surface area contributed by atoms with Crippen LogP contribution in [-0.4, -0.2) is 46.1 Å². The standard InChI is InChI=1S/C16H21N6S/c1-19-5-2-15-21(8-9-22(15)19)11-14-10-13(12-23-14)16(17)20-6-3-18-4-7-20/h2,5,8-10,12,17-18H,3-4,6-7,11H2,1H3/q+1. The van der Waals surface area contributed by atoms with Gasteiger partial charge in [0.25, 0.3) is 0 Å². The Morgan fingerprint density at radius 2 is 2.17 bits per heavy atom. The number of rotatable bonds is 3. The van der Waals surface area contributed by atoms with Crippen LogP contribution in [0.15, 0.2) is 36.1 Å². The Morgan fingerprint density at radius 3 is 3.00 bits per heavy atom. The van der Waals surface area contributed by atoms with Gasteiger partial charge in [0, 0.05) is 61.3 Å². The van der Waals surface area contributed by atoms with Crippen molar-refractivity contribution in [3.05, 3.63) is 46.5 Å². The van der Waals surface area contributed by atoms with Gasteiger partial charge in [-0.05, 0) is 6.07 Å². The number of imidazole rings is 1. The zero-order chi connectivity index (χ0) is 15.8. The summed E-state index contributed by atoms with van der Waals surface area (Å²) >= 11 is 1.74. The smallest absolute Gasteiger partial charge is 0.307 e. The van der Waals surface area contributed by atoms with Crippen LogP contribution in [0.3, 0.4) is 0 Å². The molecule has 0 amide bonds. The second-order valence-electron chi connectivity index (χ2n) is 5.91. The summed E-state index contributed by atoms with van der Waals surface area (Å²) in [6, 6.07) is 4.28. The van der Waals surface area contributed by atoms with Crippen LogP contribution in [0.4, 0.5) is 0 Å². The Hall–Kier alpha value is -2.12. The Bertz CT molecular complexity index is 836. The number of nitrogens with one attached hydrogen (secondary N) is 2. The maximum absolute atomic E-state index is 8.41. The normalized spacial score (nSPS) is 15.4. The molecule has 1 aliphatic rings. The van der Waals surface area contributed by atoms with Crippen LogP contribution in [0, 0.1) is 5.41 Å². The summed E-state index contributed by atoms with van der Waals surface area (Å²) in [5, 5.41) is 13.9. The lowest BCUT2D eigenvalue weighted by Crippen LogP contribution is -2.46. The van der Waals surface area contributed by atoms with E-state index in [1.807, 2.05) is 7.05 Å². The number of aryl methyl sites for hydroxylation is 1. The van der Waals surface area contributed by atoms with Gasteiger partial charge in [-0.25, -0.2) is 9.25 Å². The third-order valence-electron chi connectivity index (χ3n) is 4.38. The lowest BCUT2D eigenvalue weighted by atomic mass is 10.2. The maximum atomic E-state index is 8.41. The van der Waals surface area contributed by atoms with Crippen molar-refractivity contribution in [1.82, 2.24) is 19.4 Å². The van der Waals surface area contributed by atoms with Crippen LogP contribution in [0.1, 0.15) is 10.4 Å². The molecule has 23 heavy (non-hydrogen) atoms. The lowest BCUT2D eigenvalue weighted by Gasteiger charge is -2.29. The highest BCUT2D eigenvalue weighted by Crippen LogP contribution is 2.17. The van der Waals surface area contributed by atoms with Crippen LogP contribution in [0.2, 0.25) is 0 Å². The molecule has 0 saturated carbocycles. The molecule has 0 aliphatic carbocycles. The minimum Gasteiger partial charge on any atom is -0.354 e. The Balaban J connectivity index is 1.52. The van der Waals surface area contributed by atoms with Gasteiger partial charge >= 0.3 is 5.65 Å². The van der Waals surface area contributed by atoms with Crippen LogP contribution in [0.25, 0.3) is 5.65 Å². The predicted molar refractivity (Wildman–Crippen MR) is 91.3 cm³/mol. The fraction of sp³-hybridized carbons (Fsp3) is 0.375. The van der Waals surface area contributed by atoms with E-state index in [2.05, 4.69) is 60.1 Å².